The Kier molecular flexibility index (Phi) is 8.48. The van der Waals surface area contributed by atoms with Crippen molar-refractivity contribution >= 4 is 23.4 Å². The minimum absolute atomic E-state index is 0.352. The highest BCUT2D eigenvalue weighted by Gasteiger charge is 2.18. The summed E-state index contributed by atoms with van der Waals surface area (Å²) in [5, 5.41) is 1.15. The van der Waals surface area contributed by atoms with Gasteiger partial charge < -0.3 is 4.90 Å². The first kappa shape index (κ1) is 22.4. The van der Waals surface area contributed by atoms with Gasteiger partial charge in [0.05, 0.1) is 5.25 Å². The van der Waals surface area contributed by atoms with Crippen molar-refractivity contribution in [1.82, 2.24) is 9.80 Å². The van der Waals surface area contributed by atoms with Gasteiger partial charge in [-0.25, -0.2) is 0 Å². The zero-order valence-corrected chi connectivity index (χ0v) is 19.6. The molecule has 0 bridgehead atoms. The second kappa shape index (κ2) is 11.7. The van der Waals surface area contributed by atoms with Gasteiger partial charge in [0, 0.05) is 50.0 Å². The zero-order valence-electron chi connectivity index (χ0n) is 18.0. The second-order valence-electron chi connectivity index (χ2n) is 8.13. The number of hydrogen-bond donors (Lipinski definition) is 0. The van der Waals surface area contributed by atoms with Crippen LogP contribution in [0.5, 0.6) is 0 Å². The van der Waals surface area contributed by atoms with E-state index in [4.69, 9.17) is 11.6 Å². The van der Waals surface area contributed by atoms with Crippen molar-refractivity contribution < 1.29 is 0 Å². The smallest absolute Gasteiger partial charge is 0.0547 e. The van der Waals surface area contributed by atoms with Crippen molar-refractivity contribution in [1.29, 1.82) is 0 Å². The van der Waals surface area contributed by atoms with E-state index in [9.17, 15) is 0 Å². The van der Waals surface area contributed by atoms with Crippen molar-refractivity contribution in [2.45, 2.75) is 11.7 Å². The molecule has 0 spiro atoms. The quantitative estimate of drug-likeness (QED) is 0.393. The van der Waals surface area contributed by atoms with Gasteiger partial charge in [-0.15, -0.1) is 11.8 Å². The van der Waals surface area contributed by atoms with Gasteiger partial charge in [0.2, 0.25) is 0 Å². The number of benzene rings is 3. The van der Waals surface area contributed by atoms with Gasteiger partial charge in [-0.1, -0.05) is 84.4 Å². The number of rotatable bonds is 9. The van der Waals surface area contributed by atoms with E-state index in [1.165, 1.54) is 49.4 Å². The minimum Gasteiger partial charge on any atom is -0.300 e. The average molecular weight is 451 g/mol. The lowest BCUT2D eigenvalue weighted by molar-refractivity contribution is 0.139. The Balaban J connectivity index is 1.24. The lowest BCUT2D eigenvalue weighted by Crippen LogP contribution is -2.47. The first-order chi connectivity index (χ1) is 15.3. The van der Waals surface area contributed by atoms with E-state index in [0.29, 0.717) is 5.25 Å². The highest BCUT2D eigenvalue weighted by atomic mass is 35.5. The molecule has 1 saturated heterocycles. The van der Waals surface area contributed by atoms with E-state index in [2.05, 4.69) is 82.6 Å². The predicted octanol–water partition coefficient (Wildman–Crippen LogP) is 6.02. The van der Waals surface area contributed by atoms with Crippen LogP contribution in [0.15, 0.2) is 84.9 Å². The Morgan fingerprint density at radius 3 is 1.87 bits per heavy atom. The molecule has 0 radical (unpaired) electrons. The van der Waals surface area contributed by atoms with Crippen LogP contribution >= 0.6 is 23.4 Å². The molecular weight excluding hydrogens is 420 g/mol. The molecule has 4 rings (SSSR count). The molecule has 1 fully saturated rings. The van der Waals surface area contributed by atoms with Gasteiger partial charge in [-0.3, -0.25) is 4.90 Å². The van der Waals surface area contributed by atoms with Crippen molar-refractivity contribution in [2.24, 2.45) is 0 Å². The number of piperazine rings is 1. The van der Waals surface area contributed by atoms with E-state index in [-0.39, 0.29) is 0 Å². The topological polar surface area (TPSA) is 6.48 Å². The standard InChI is InChI=1S/C27H31ClN2S/c28-26-13-11-25(12-14-26)27(24-9-5-2-6-10-24)31-22-21-30-19-17-29(18-20-30)16-15-23-7-3-1-4-8-23/h1-14,27H,15-22H2. The van der Waals surface area contributed by atoms with Crippen LogP contribution in [0.25, 0.3) is 0 Å². The van der Waals surface area contributed by atoms with E-state index in [1.54, 1.807) is 0 Å². The summed E-state index contributed by atoms with van der Waals surface area (Å²) in [6, 6.07) is 30.0. The molecule has 3 aromatic carbocycles. The van der Waals surface area contributed by atoms with Gasteiger partial charge in [0.1, 0.15) is 0 Å². The molecule has 1 heterocycles. The summed E-state index contributed by atoms with van der Waals surface area (Å²) in [4.78, 5) is 5.23. The van der Waals surface area contributed by atoms with Crippen LogP contribution < -0.4 is 0 Å². The minimum atomic E-state index is 0.352. The summed E-state index contributed by atoms with van der Waals surface area (Å²) in [5.74, 6) is 1.13. The third kappa shape index (κ3) is 6.85. The zero-order chi connectivity index (χ0) is 21.3. The third-order valence-corrected chi connectivity index (χ3v) is 7.54. The largest absolute Gasteiger partial charge is 0.300 e. The first-order valence-corrected chi connectivity index (χ1v) is 12.6. The molecular formula is C27H31ClN2S. The summed E-state index contributed by atoms with van der Waals surface area (Å²) in [5.41, 5.74) is 4.13. The molecule has 2 nitrogen and oxygen atoms in total. The summed E-state index contributed by atoms with van der Waals surface area (Å²) in [6.45, 7) is 7.01. The van der Waals surface area contributed by atoms with Crippen molar-refractivity contribution in [3.05, 3.63) is 107 Å². The fraction of sp³-hybridized carbons (Fsp3) is 0.333. The maximum Gasteiger partial charge on any atom is 0.0547 e. The van der Waals surface area contributed by atoms with Crippen LogP contribution in [0, 0.1) is 0 Å². The second-order valence-corrected chi connectivity index (χ2v) is 9.78. The van der Waals surface area contributed by atoms with Crippen molar-refractivity contribution in [2.75, 3.05) is 45.0 Å². The molecule has 0 N–H and O–H groups in total. The Morgan fingerprint density at radius 2 is 1.23 bits per heavy atom. The molecule has 1 unspecified atom stereocenters. The van der Waals surface area contributed by atoms with E-state index in [1.807, 2.05) is 23.9 Å². The SMILES string of the molecule is Clc1ccc(C(SCCN2CCN(CCc3ccccc3)CC2)c2ccccc2)cc1. The van der Waals surface area contributed by atoms with Crippen LogP contribution in [0.4, 0.5) is 0 Å². The summed E-state index contributed by atoms with van der Waals surface area (Å²) < 4.78 is 0. The monoisotopic (exact) mass is 450 g/mol. The van der Waals surface area contributed by atoms with E-state index >= 15 is 0 Å². The average Bonchev–Trinajstić information content (AvgIpc) is 2.83. The molecule has 0 saturated carbocycles. The van der Waals surface area contributed by atoms with Gasteiger partial charge in [-0.05, 0) is 35.2 Å². The summed E-state index contributed by atoms with van der Waals surface area (Å²) in [6.07, 6.45) is 1.15. The maximum atomic E-state index is 6.12. The molecule has 1 aliphatic heterocycles. The Labute approximate surface area is 196 Å². The number of thioether (sulfide) groups is 1. The molecule has 1 aliphatic rings. The lowest BCUT2D eigenvalue weighted by Gasteiger charge is -2.35. The fourth-order valence-corrected chi connectivity index (χ4v) is 5.54. The molecule has 0 aliphatic carbocycles. The van der Waals surface area contributed by atoms with Gasteiger partial charge >= 0.3 is 0 Å². The number of hydrogen-bond acceptors (Lipinski definition) is 3. The van der Waals surface area contributed by atoms with Gasteiger partial charge in [-0.2, -0.15) is 0 Å². The molecule has 31 heavy (non-hydrogen) atoms. The van der Waals surface area contributed by atoms with Crippen LogP contribution in [0.3, 0.4) is 0 Å². The first-order valence-electron chi connectivity index (χ1n) is 11.2. The third-order valence-electron chi connectivity index (χ3n) is 5.99. The lowest BCUT2D eigenvalue weighted by atomic mass is 10.0. The van der Waals surface area contributed by atoms with E-state index < -0.39 is 0 Å². The summed E-state index contributed by atoms with van der Waals surface area (Å²) >= 11 is 8.16. The van der Waals surface area contributed by atoms with Crippen LogP contribution in [-0.4, -0.2) is 54.8 Å². The highest BCUT2D eigenvalue weighted by Crippen LogP contribution is 2.36. The number of nitrogens with zero attached hydrogens (tertiary/aromatic N) is 2. The molecule has 162 valence electrons. The molecule has 0 aromatic heterocycles. The Hall–Kier alpha value is -1.78. The summed E-state index contributed by atoms with van der Waals surface area (Å²) in [7, 11) is 0. The van der Waals surface area contributed by atoms with Gasteiger partial charge in [0.15, 0.2) is 0 Å². The Morgan fingerprint density at radius 1 is 0.677 bits per heavy atom. The number of halogens is 1. The fourth-order valence-electron chi connectivity index (χ4n) is 4.12. The van der Waals surface area contributed by atoms with Crippen LogP contribution in [0.1, 0.15) is 21.9 Å². The normalized spacial score (nSPS) is 16.3. The van der Waals surface area contributed by atoms with Gasteiger partial charge in [0.25, 0.3) is 0 Å². The van der Waals surface area contributed by atoms with Crippen LogP contribution in [-0.2, 0) is 6.42 Å². The maximum absolute atomic E-state index is 6.12. The molecule has 0 amide bonds. The molecule has 3 aromatic rings. The van der Waals surface area contributed by atoms with E-state index in [0.717, 1.165) is 23.7 Å². The highest BCUT2D eigenvalue weighted by molar-refractivity contribution is 7.99. The molecule has 4 heteroatoms. The molecule has 1 atom stereocenters. The van der Waals surface area contributed by atoms with Crippen molar-refractivity contribution in [3.63, 3.8) is 0 Å². The predicted molar refractivity (Wildman–Crippen MR) is 135 cm³/mol. The van der Waals surface area contributed by atoms with Crippen LogP contribution in [0.2, 0.25) is 5.02 Å². The van der Waals surface area contributed by atoms with Crippen molar-refractivity contribution in [3.8, 4) is 0 Å². The Bertz CT molecular complexity index is 894.